The van der Waals surface area contributed by atoms with Crippen LogP contribution in [0.25, 0.3) is 0 Å². The summed E-state index contributed by atoms with van der Waals surface area (Å²) in [6, 6.07) is 7.68. The highest BCUT2D eigenvalue weighted by atomic mass is 32.1. The van der Waals surface area contributed by atoms with E-state index in [-0.39, 0.29) is 24.0 Å². The SMILES string of the molecule is CCc1ccccc1N(C(C)=O)c1nc(COC(=O)c2nccnc2N)cs1. The average Bonchev–Trinajstić information content (AvgIpc) is 3.15. The molecule has 2 aromatic heterocycles. The van der Waals surface area contributed by atoms with Crippen LogP contribution in [-0.2, 0) is 22.6 Å². The van der Waals surface area contributed by atoms with Crippen molar-refractivity contribution in [3.8, 4) is 0 Å². The summed E-state index contributed by atoms with van der Waals surface area (Å²) < 4.78 is 5.22. The molecule has 28 heavy (non-hydrogen) atoms. The molecule has 0 saturated carbocycles. The number of esters is 1. The smallest absolute Gasteiger partial charge is 0.361 e. The Balaban J connectivity index is 1.77. The number of aryl methyl sites for hydroxylation is 1. The van der Waals surface area contributed by atoms with Crippen LogP contribution in [0.5, 0.6) is 0 Å². The van der Waals surface area contributed by atoms with Gasteiger partial charge in [0.1, 0.15) is 6.61 Å². The lowest BCUT2D eigenvalue weighted by Gasteiger charge is -2.20. The number of hydrogen-bond acceptors (Lipinski definition) is 8. The Hall–Kier alpha value is -3.33. The van der Waals surface area contributed by atoms with E-state index in [1.165, 1.54) is 30.7 Å². The third kappa shape index (κ3) is 4.15. The van der Waals surface area contributed by atoms with Gasteiger partial charge in [-0.05, 0) is 18.1 Å². The number of nitrogens with zero attached hydrogens (tertiary/aromatic N) is 4. The molecule has 0 saturated heterocycles. The molecule has 0 aliphatic carbocycles. The first-order valence-electron chi connectivity index (χ1n) is 8.57. The molecule has 0 fully saturated rings. The second-order valence-corrected chi connectivity index (χ2v) is 6.66. The van der Waals surface area contributed by atoms with Crippen molar-refractivity contribution in [1.82, 2.24) is 15.0 Å². The molecule has 3 rings (SSSR count). The quantitative estimate of drug-likeness (QED) is 0.636. The third-order valence-electron chi connectivity index (χ3n) is 3.93. The van der Waals surface area contributed by atoms with E-state index < -0.39 is 5.97 Å². The fourth-order valence-electron chi connectivity index (χ4n) is 2.61. The summed E-state index contributed by atoms with van der Waals surface area (Å²) >= 11 is 1.30. The number of rotatable bonds is 6. The molecule has 0 aliphatic rings. The maximum Gasteiger partial charge on any atom is 0.361 e. The number of aromatic nitrogens is 3. The van der Waals surface area contributed by atoms with Gasteiger partial charge in [-0.25, -0.2) is 19.7 Å². The highest BCUT2D eigenvalue weighted by molar-refractivity contribution is 7.14. The number of carbonyl (C=O) groups excluding carboxylic acids is 2. The van der Waals surface area contributed by atoms with E-state index in [2.05, 4.69) is 15.0 Å². The standard InChI is InChI=1S/C19H19N5O3S/c1-3-13-6-4-5-7-15(13)24(12(2)25)19-23-14(11-28-19)10-27-18(26)16-17(20)22-9-8-21-16/h4-9,11H,3,10H2,1-2H3,(H2,20,22). The predicted octanol–water partition coefficient (Wildman–Crippen LogP) is 3.12. The van der Waals surface area contributed by atoms with Gasteiger partial charge in [0.25, 0.3) is 0 Å². The Labute approximate surface area is 166 Å². The lowest BCUT2D eigenvalue weighted by Crippen LogP contribution is -2.23. The van der Waals surface area contributed by atoms with Crippen LogP contribution in [0.1, 0.15) is 35.6 Å². The van der Waals surface area contributed by atoms with Gasteiger partial charge < -0.3 is 10.5 Å². The molecule has 2 N–H and O–H groups in total. The number of hydrogen-bond donors (Lipinski definition) is 1. The summed E-state index contributed by atoms with van der Waals surface area (Å²) in [7, 11) is 0. The predicted molar refractivity (Wildman–Crippen MR) is 106 cm³/mol. The fourth-order valence-corrected chi connectivity index (χ4v) is 3.48. The maximum absolute atomic E-state index is 12.3. The minimum atomic E-state index is -0.681. The zero-order valence-electron chi connectivity index (χ0n) is 15.5. The van der Waals surface area contributed by atoms with Gasteiger partial charge in [0, 0.05) is 24.7 Å². The number of ether oxygens (including phenoxy) is 1. The summed E-state index contributed by atoms with van der Waals surface area (Å²) in [5.41, 5.74) is 7.94. The Morgan fingerprint density at radius 3 is 2.68 bits per heavy atom. The van der Waals surface area contributed by atoms with Crippen LogP contribution >= 0.6 is 11.3 Å². The molecule has 8 nitrogen and oxygen atoms in total. The summed E-state index contributed by atoms with van der Waals surface area (Å²) in [5, 5.41) is 2.26. The average molecular weight is 397 g/mol. The molecule has 0 radical (unpaired) electrons. The van der Waals surface area contributed by atoms with Crippen LogP contribution in [0.2, 0.25) is 0 Å². The summed E-state index contributed by atoms with van der Waals surface area (Å²) in [5.74, 6) is -0.823. The fraction of sp³-hybridized carbons (Fsp3) is 0.211. The molecule has 144 valence electrons. The normalized spacial score (nSPS) is 10.5. The first kappa shape index (κ1) is 19.4. The van der Waals surface area contributed by atoms with E-state index in [0.29, 0.717) is 10.8 Å². The number of amides is 1. The van der Waals surface area contributed by atoms with E-state index >= 15 is 0 Å². The first-order chi connectivity index (χ1) is 13.5. The van der Waals surface area contributed by atoms with Gasteiger partial charge in [0.05, 0.1) is 11.4 Å². The zero-order chi connectivity index (χ0) is 20.1. The van der Waals surface area contributed by atoms with Crippen LogP contribution in [-0.4, -0.2) is 26.8 Å². The Bertz CT molecular complexity index is 1000. The summed E-state index contributed by atoms with van der Waals surface area (Å²) in [4.78, 5) is 38.1. The molecule has 9 heteroatoms. The van der Waals surface area contributed by atoms with Crippen molar-refractivity contribution >= 4 is 39.9 Å². The van der Waals surface area contributed by atoms with E-state index in [9.17, 15) is 9.59 Å². The van der Waals surface area contributed by atoms with Crippen molar-refractivity contribution in [3.05, 3.63) is 59.0 Å². The van der Waals surface area contributed by atoms with Crippen LogP contribution in [0.3, 0.4) is 0 Å². The highest BCUT2D eigenvalue weighted by Crippen LogP contribution is 2.31. The van der Waals surface area contributed by atoms with Gasteiger partial charge in [-0.1, -0.05) is 25.1 Å². The second-order valence-electron chi connectivity index (χ2n) is 5.82. The van der Waals surface area contributed by atoms with E-state index in [0.717, 1.165) is 17.7 Å². The number of anilines is 3. The van der Waals surface area contributed by atoms with Crippen molar-refractivity contribution in [2.24, 2.45) is 0 Å². The lowest BCUT2D eigenvalue weighted by molar-refractivity contribution is -0.115. The van der Waals surface area contributed by atoms with Crippen molar-refractivity contribution in [1.29, 1.82) is 0 Å². The number of thiazole rings is 1. The minimum absolute atomic E-state index is 0.00499. The molecule has 0 atom stereocenters. The number of nitrogen functional groups attached to an aromatic ring is 1. The van der Waals surface area contributed by atoms with Gasteiger partial charge in [0.2, 0.25) is 5.91 Å². The van der Waals surface area contributed by atoms with Crippen LogP contribution < -0.4 is 10.6 Å². The second kappa shape index (κ2) is 8.57. The lowest BCUT2D eigenvalue weighted by atomic mass is 10.1. The van der Waals surface area contributed by atoms with Gasteiger partial charge in [0.15, 0.2) is 16.6 Å². The summed E-state index contributed by atoms with van der Waals surface area (Å²) in [6.45, 7) is 3.46. The topological polar surface area (TPSA) is 111 Å². The molecular weight excluding hydrogens is 378 g/mol. The van der Waals surface area contributed by atoms with Crippen LogP contribution in [0, 0.1) is 0 Å². The molecule has 0 bridgehead atoms. The maximum atomic E-state index is 12.3. The molecule has 0 unspecified atom stereocenters. The van der Waals surface area contributed by atoms with Crippen molar-refractivity contribution in [3.63, 3.8) is 0 Å². The Morgan fingerprint density at radius 2 is 1.96 bits per heavy atom. The molecule has 0 spiro atoms. The van der Waals surface area contributed by atoms with Crippen molar-refractivity contribution in [2.45, 2.75) is 26.9 Å². The van der Waals surface area contributed by atoms with Crippen molar-refractivity contribution in [2.75, 3.05) is 10.6 Å². The van der Waals surface area contributed by atoms with Gasteiger partial charge in [-0.3, -0.25) is 9.69 Å². The monoisotopic (exact) mass is 397 g/mol. The molecule has 2 heterocycles. The van der Waals surface area contributed by atoms with Gasteiger partial charge in [-0.15, -0.1) is 11.3 Å². The number of para-hydroxylation sites is 1. The van der Waals surface area contributed by atoms with Crippen molar-refractivity contribution < 1.29 is 14.3 Å². The highest BCUT2D eigenvalue weighted by Gasteiger charge is 2.21. The van der Waals surface area contributed by atoms with E-state index in [4.69, 9.17) is 10.5 Å². The number of benzene rings is 1. The molecule has 1 amide bonds. The molecule has 3 aromatic rings. The Kier molecular flexibility index (Phi) is 5.95. The number of nitrogens with two attached hydrogens (primary N) is 1. The van der Waals surface area contributed by atoms with Crippen LogP contribution in [0.4, 0.5) is 16.6 Å². The molecule has 1 aromatic carbocycles. The first-order valence-corrected chi connectivity index (χ1v) is 9.45. The zero-order valence-corrected chi connectivity index (χ0v) is 16.3. The third-order valence-corrected chi connectivity index (χ3v) is 4.80. The largest absolute Gasteiger partial charge is 0.454 e. The molecular formula is C19H19N5O3S. The van der Waals surface area contributed by atoms with Gasteiger partial charge >= 0.3 is 5.97 Å². The molecule has 0 aliphatic heterocycles. The van der Waals surface area contributed by atoms with Crippen LogP contribution in [0.15, 0.2) is 42.0 Å². The number of carbonyl (C=O) groups is 2. The Morgan fingerprint density at radius 1 is 1.21 bits per heavy atom. The van der Waals surface area contributed by atoms with E-state index in [1.54, 1.807) is 10.3 Å². The van der Waals surface area contributed by atoms with Gasteiger partial charge in [-0.2, -0.15) is 0 Å². The summed E-state index contributed by atoms with van der Waals surface area (Å²) in [6.07, 6.45) is 3.54. The minimum Gasteiger partial charge on any atom is -0.454 e. The van der Waals surface area contributed by atoms with E-state index in [1.807, 2.05) is 31.2 Å².